The van der Waals surface area contributed by atoms with Crippen molar-refractivity contribution < 1.29 is 9.13 Å². The highest BCUT2D eigenvalue weighted by Gasteiger charge is 2.17. The maximum absolute atomic E-state index is 14.5. The molecule has 0 spiro atoms. The van der Waals surface area contributed by atoms with Crippen LogP contribution in [0.1, 0.15) is 0 Å². The average molecular weight is 381 g/mol. The summed E-state index contributed by atoms with van der Waals surface area (Å²) in [4.78, 5) is 13.3. The third kappa shape index (κ3) is 2.88. The molecule has 0 aliphatic heterocycles. The molecule has 0 aliphatic rings. The van der Waals surface area contributed by atoms with Crippen molar-refractivity contribution >= 4 is 21.8 Å². The number of halogens is 1. The van der Waals surface area contributed by atoms with Crippen molar-refractivity contribution in [2.24, 2.45) is 0 Å². The van der Waals surface area contributed by atoms with Crippen molar-refractivity contribution in [3.63, 3.8) is 0 Å². The van der Waals surface area contributed by atoms with Gasteiger partial charge in [0.1, 0.15) is 11.6 Å². The van der Waals surface area contributed by atoms with Crippen LogP contribution in [0.3, 0.4) is 0 Å². The highest BCUT2D eigenvalue weighted by atomic mass is 19.1. The molecular weight excluding hydrogens is 365 g/mol. The number of pyridine rings is 3. The monoisotopic (exact) mass is 381 g/mol. The van der Waals surface area contributed by atoms with Gasteiger partial charge in [-0.3, -0.25) is 4.98 Å². The molecular formula is C24H16FN3O. The molecule has 4 nitrogen and oxygen atoms in total. The fourth-order valence-corrected chi connectivity index (χ4v) is 3.67. The molecule has 140 valence electrons. The second-order valence-corrected chi connectivity index (χ2v) is 6.65. The first-order valence-electron chi connectivity index (χ1n) is 9.18. The first-order chi connectivity index (χ1) is 14.3. The summed E-state index contributed by atoms with van der Waals surface area (Å²) in [6, 6.07) is 18.2. The molecule has 5 heteroatoms. The van der Waals surface area contributed by atoms with Gasteiger partial charge >= 0.3 is 0 Å². The van der Waals surface area contributed by atoms with E-state index in [0.29, 0.717) is 16.9 Å². The summed E-state index contributed by atoms with van der Waals surface area (Å²) < 4.78 is 20.2. The third-order valence-corrected chi connectivity index (χ3v) is 5.01. The Bertz CT molecular complexity index is 1370. The van der Waals surface area contributed by atoms with Gasteiger partial charge in [0.05, 0.1) is 12.8 Å². The number of methoxy groups -OCH3 is 1. The van der Waals surface area contributed by atoms with Gasteiger partial charge in [0.15, 0.2) is 5.65 Å². The number of aromatic nitrogens is 3. The van der Waals surface area contributed by atoms with Crippen LogP contribution in [0.15, 0.2) is 79.3 Å². The molecule has 3 aromatic heterocycles. The maximum atomic E-state index is 14.5. The first-order valence-corrected chi connectivity index (χ1v) is 9.18. The molecule has 0 saturated carbocycles. The molecule has 29 heavy (non-hydrogen) atoms. The molecule has 2 aromatic carbocycles. The topological polar surface area (TPSA) is 47.9 Å². The quantitative estimate of drug-likeness (QED) is 0.405. The summed E-state index contributed by atoms with van der Waals surface area (Å²) >= 11 is 0. The van der Waals surface area contributed by atoms with Crippen LogP contribution < -0.4 is 4.74 Å². The second-order valence-electron chi connectivity index (χ2n) is 6.65. The third-order valence-electron chi connectivity index (χ3n) is 5.01. The van der Waals surface area contributed by atoms with Crippen molar-refractivity contribution in [3.05, 3.63) is 85.1 Å². The van der Waals surface area contributed by atoms with E-state index in [0.717, 1.165) is 33.0 Å². The molecule has 0 bridgehead atoms. The zero-order chi connectivity index (χ0) is 19.8. The number of fused-ring (bicyclic) bond motifs is 2. The van der Waals surface area contributed by atoms with Gasteiger partial charge in [-0.25, -0.2) is 14.4 Å². The van der Waals surface area contributed by atoms with Gasteiger partial charge in [0.2, 0.25) is 0 Å². The van der Waals surface area contributed by atoms with Crippen LogP contribution in [0.5, 0.6) is 5.75 Å². The van der Waals surface area contributed by atoms with E-state index in [4.69, 9.17) is 4.74 Å². The summed E-state index contributed by atoms with van der Waals surface area (Å²) in [5.41, 5.74) is 3.30. The van der Waals surface area contributed by atoms with E-state index in [1.54, 1.807) is 37.7 Å². The van der Waals surface area contributed by atoms with Gasteiger partial charge in [0, 0.05) is 40.5 Å². The van der Waals surface area contributed by atoms with Crippen molar-refractivity contribution in [2.45, 2.75) is 0 Å². The smallest absolute Gasteiger partial charge is 0.160 e. The normalized spacial score (nSPS) is 11.1. The zero-order valence-corrected chi connectivity index (χ0v) is 15.6. The van der Waals surface area contributed by atoms with Gasteiger partial charge in [0.25, 0.3) is 0 Å². The zero-order valence-electron chi connectivity index (χ0n) is 15.6. The SMILES string of the molecule is COc1ccc2cnccc2c1-c1cc(-c2ccccc2F)nc2ncccc12. The summed E-state index contributed by atoms with van der Waals surface area (Å²) in [5, 5.41) is 2.86. The van der Waals surface area contributed by atoms with E-state index >= 15 is 0 Å². The number of hydrogen-bond acceptors (Lipinski definition) is 4. The second kappa shape index (κ2) is 6.95. The first kappa shape index (κ1) is 17.3. The van der Waals surface area contributed by atoms with Crippen molar-refractivity contribution in [2.75, 3.05) is 7.11 Å². The van der Waals surface area contributed by atoms with Crippen molar-refractivity contribution in [1.82, 2.24) is 15.0 Å². The maximum Gasteiger partial charge on any atom is 0.160 e. The van der Waals surface area contributed by atoms with Gasteiger partial charge in [-0.1, -0.05) is 12.1 Å². The number of ether oxygens (including phenoxy) is 1. The fourth-order valence-electron chi connectivity index (χ4n) is 3.67. The van der Waals surface area contributed by atoms with Crippen LogP contribution in [0, 0.1) is 5.82 Å². The Morgan fingerprint density at radius 2 is 1.76 bits per heavy atom. The molecule has 0 aliphatic carbocycles. The minimum Gasteiger partial charge on any atom is -0.496 e. The van der Waals surface area contributed by atoms with Crippen LogP contribution in [-0.4, -0.2) is 22.1 Å². The number of nitrogens with zero attached hydrogens (tertiary/aromatic N) is 3. The van der Waals surface area contributed by atoms with Crippen LogP contribution in [-0.2, 0) is 0 Å². The Morgan fingerprint density at radius 1 is 0.862 bits per heavy atom. The summed E-state index contributed by atoms with van der Waals surface area (Å²) in [6.45, 7) is 0. The van der Waals surface area contributed by atoms with E-state index in [1.807, 2.05) is 42.6 Å². The Balaban J connectivity index is 1.91. The van der Waals surface area contributed by atoms with Crippen LogP contribution in [0.25, 0.3) is 44.2 Å². The predicted octanol–water partition coefficient (Wildman–Crippen LogP) is 5.66. The Kier molecular flexibility index (Phi) is 4.13. The minimum absolute atomic E-state index is 0.324. The molecule has 5 rings (SSSR count). The Morgan fingerprint density at radius 3 is 2.62 bits per heavy atom. The predicted molar refractivity (Wildman–Crippen MR) is 112 cm³/mol. The molecule has 0 unspecified atom stereocenters. The highest BCUT2D eigenvalue weighted by Crippen LogP contribution is 2.41. The highest BCUT2D eigenvalue weighted by molar-refractivity contribution is 6.07. The number of hydrogen-bond donors (Lipinski definition) is 0. The van der Waals surface area contributed by atoms with E-state index in [-0.39, 0.29) is 5.82 Å². The Labute approximate surface area is 166 Å². The standard InChI is InChI=1S/C24H16FN3O/c1-29-22-9-8-15-14-26-12-10-16(15)23(22)19-13-21(18-5-2-3-7-20(18)25)28-24-17(19)6-4-11-27-24/h2-14H,1H3. The lowest BCUT2D eigenvalue weighted by Gasteiger charge is -2.15. The van der Waals surface area contributed by atoms with E-state index in [2.05, 4.69) is 15.0 Å². The Hall–Kier alpha value is -3.86. The van der Waals surface area contributed by atoms with Crippen molar-refractivity contribution in [3.8, 4) is 28.1 Å². The average Bonchev–Trinajstić information content (AvgIpc) is 2.78. The van der Waals surface area contributed by atoms with E-state index in [1.165, 1.54) is 6.07 Å². The molecule has 0 saturated heterocycles. The van der Waals surface area contributed by atoms with Crippen LogP contribution in [0.4, 0.5) is 4.39 Å². The van der Waals surface area contributed by atoms with Crippen LogP contribution >= 0.6 is 0 Å². The van der Waals surface area contributed by atoms with E-state index in [9.17, 15) is 4.39 Å². The summed E-state index contributed by atoms with van der Waals surface area (Å²) in [6.07, 6.45) is 5.26. The van der Waals surface area contributed by atoms with Gasteiger partial charge in [-0.2, -0.15) is 0 Å². The largest absolute Gasteiger partial charge is 0.496 e. The molecule has 5 aromatic rings. The molecule has 0 fully saturated rings. The van der Waals surface area contributed by atoms with Gasteiger partial charge < -0.3 is 4.74 Å². The summed E-state index contributed by atoms with van der Waals surface area (Å²) in [7, 11) is 1.64. The van der Waals surface area contributed by atoms with E-state index < -0.39 is 0 Å². The molecule has 3 heterocycles. The van der Waals surface area contributed by atoms with Gasteiger partial charge in [-0.15, -0.1) is 0 Å². The lowest BCUT2D eigenvalue weighted by atomic mass is 9.94. The van der Waals surface area contributed by atoms with Crippen LogP contribution in [0.2, 0.25) is 0 Å². The summed E-state index contributed by atoms with van der Waals surface area (Å²) in [5.74, 6) is 0.398. The lowest BCUT2D eigenvalue weighted by molar-refractivity contribution is 0.417. The van der Waals surface area contributed by atoms with Crippen molar-refractivity contribution in [1.29, 1.82) is 0 Å². The lowest BCUT2D eigenvalue weighted by Crippen LogP contribution is -1.96. The molecule has 0 N–H and O–H groups in total. The fraction of sp³-hybridized carbons (Fsp3) is 0.0417. The van der Waals surface area contributed by atoms with Gasteiger partial charge in [-0.05, 0) is 59.5 Å². The molecule has 0 radical (unpaired) electrons. The molecule has 0 amide bonds. The minimum atomic E-state index is -0.324. The number of rotatable bonds is 3. The molecule has 0 atom stereocenters. The number of benzene rings is 2.